The summed E-state index contributed by atoms with van der Waals surface area (Å²) in [5.41, 5.74) is 1.03. The summed E-state index contributed by atoms with van der Waals surface area (Å²) < 4.78 is 21.3. The molecule has 132 valence electrons. The van der Waals surface area contributed by atoms with Crippen molar-refractivity contribution in [3.8, 4) is 29.1 Å². The molecule has 6 nitrogen and oxygen atoms in total. The van der Waals surface area contributed by atoms with Gasteiger partial charge in [-0.25, -0.2) is 0 Å². The average Bonchev–Trinajstić information content (AvgIpc) is 3.14. The average molecular weight is 351 g/mol. The summed E-state index contributed by atoms with van der Waals surface area (Å²) in [6.07, 6.45) is 1.52. The van der Waals surface area contributed by atoms with E-state index in [1.807, 2.05) is 13.0 Å². The second-order valence-corrected chi connectivity index (χ2v) is 5.41. The van der Waals surface area contributed by atoms with E-state index < -0.39 is 5.78 Å². The van der Waals surface area contributed by atoms with Crippen LogP contribution in [-0.2, 0) is 0 Å². The first kappa shape index (κ1) is 17.4. The summed E-state index contributed by atoms with van der Waals surface area (Å²) in [4.78, 5) is 12.7. The molecule has 0 unspecified atom stereocenters. The molecule has 0 spiro atoms. The van der Waals surface area contributed by atoms with E-state index in [9.17, 15) is 10.1 Å². The second-order valence-electron chi connectivity index (χ2n) is 5.41. The van der Waals surface area contributed by atoms with Gasteiger partial charge in [0.15, 0.2) is 23.0 Å². The molecule has 0 radical (unpaired) electrons. The lowest BCUT2D eigenvalue weighted by Crippen LogP contribution is -2.02. The number of ether oxygens (including phenoxy) is 4. The Balaban J connectivity index is 1.90. The third-order valence-corrected chi connectivity index (χ3v) is 3.80. The van der Waals surface area contributed by atoms with Crippen molar-refractivity contribution in [3.63, 3.8) is 0 Å². The number of Topliss-reactive ketones (excluding diaryl/α,β-unsaturated/α-hetero) is 1. The number of benzene rings is 2. The number of carbonyl (C=O) groups is 1. The zero-order chi connectivity index (χ0) is 18.5. The van der Waals surface area contributed by atoms with Crippen LogP contribution in [0.4, 0.5) is 0 Å². The van der Waals surface area contributed by atoms with E-state index in [0.29, 0.717) is 40.7 Å². The molecule has 6 heteroatoms. The Hall–Kier alpha value is -3.46. The lowest BCUT2D eigenvalue weighted by Gasteiger charge is -2.09. The van der Waals surface area contributed by atoms with Crippen LogP contribution >= 0.6 is 0 Å². The van der Waals surface area contributed by atoms with Crippen LogP contribution in [0, 0.1) is 11.3 Å². The number of ketones is 1. The monoisotopic (exact) mass is 351 g/mol. The van der Waals surface area contributed by atoms with Crippen molar-refractivity contribution in [2.45, 2.75) is 6.92 Å². The molecular weight excluding hydrogens is 334 g/mol. The van der Waals surface area contributed by atoms with E-state index in [1.54, 1.807) is 36.4 Å². The molecule has 0 N–H and O–H groups in total. The summed E-state index contributed by atoms with van der Waals surface area (Å²) in [6, 6.07) is 12.0. The van der Waals surface area contributed by atoms with Crippen LogP contribution in [0.1, 0.15) is 22.8 Å². The zero-order valence-corrected chi connectivity index (χ0v) is 14.4. The first-order valence-electron chi connectivity index (χ1n) is 8.03. The van der Waals surface area contributed by atoms with Crippen molar-refractivity contribution >= 4 is 11.9 Å². The highest BCUT2D eigenvalue weighted by Gasteiger charge is 2.18. The van der Waals surface area contributed by atoms with Gasteiger partial charge in [-0.3, -0.25) is 4.79 Å². The van der Waals surface area contributed by atoms with Gasteiger partial charge in [0.1, 0.15) is 11.6 Å². The van der Waals surface area contributed by atoms with Gasteiger partial charge in [0, 0.05) is 5.56 Å². The molecule has 0 aliphatic carbocycles. The van der Waals surface area contributed by atoms with Crippen LogP contribution in [0.5, 0.6) is 23.0 Å². The number of nitriles is 1. The number of fused-ring (bicyclic) bond motifs is 1. The maximum Gasteiger partial charge on any atom is 0.231 e. The molecule has 0 atom stereocenters. The first-order chi connectivity index (χ1) is 12.7. The predicted molar refractivity (Wildman–Crippen MR) is 94.6 cm³/mol. The van der Waals surface area contributed by atoms with E-state index in [2.05, 4.69) is 0 Å². The predicted octanol–water partition coefficient (Wildman–Crippen LogP) is 3.61. The maximum atomic E-state index is 12.7. The van der Waals surface area contributed by atoms with Gasteiger partial charge in [0.05, 0.1) is 13.7 Å². The Morgan fingerprint density at radius 3 is 2.73 bits per heavy atom. The van der Waals surface area contributed by atoms with Gasteiger partial charge in [0.2, 0.25) is 12.6 Å². The molecule has 0 saturated heterocycles. The summed E-state index contributed by atoms with van der Waals surface area (Å²) in [7, 11) is 1.54. The van der Waals surface area contributed by atoms with Gasteiger partial charge in [-0.15, -0.1) is 0 Å². The van der Waals surface area contributed by atoms with Crippen LogP contribution in [0.15, 0.2) is 42.0 Å². The maximum absolute atomic E-state index is 12.7. The molecular formula is C20H17NO5. The Bertz CT molecular complexity index is 911. The molecule has 0 aromatic heterocycles. The minimum absolute atomic E-state index is 0.00933. The summed E-state index contributed by atoms with van der Waals surface area (Å²) in [5.74, 6) is 1.83. The lowest BCUT2D eigenvalue weighted by atomic mass is 10.0. The van der Waals surface area contributed by atoms with Crippen LogP contribution in [-0.4, -0.2) is 26.3 Å². The minimum Gasteiger partial charge on any atom is -0.493 e. The van der Waals surface area contributed by atoms with Crippen LogP contribution < -0.4 is 18.9 Å². The normalized spacial score (nSPS) is 12.4. The molecule has 2 aromatic carbocycles. The van der Waals surface area contributed by atoms with Gasteiger partial charge in [-0.1, -0.05) is 6.07 Å². The number of methoxy groups -OCH3 is 1. The van der Waals surface area contributed by atoms with Crippen molar-refractivity contribution in [3.05, 3.63) is 53.1 Å². The molecule has 0 bridgehead atoms. The van der Waals surface area contributed by atoms with Crippen molar-refractivity contribution in [1.29, 1.82) is 5.26 Å². The standard InChI is InChI=1S/C20H17NO5/c1-3-24-16-6-4-13(9-18(16)23-2)8-15(11-21)20(22)14-5-7-17-19(10-14)26-12-25-17/h4-10H,3,12H2,1-2H3/b15-8+. The number of hydrogen-bond donors (Lipinski definition) is 0. The topological polar surface area (TPSA) is 77.8 Å². The number of rotatable bonds is 6. The Morgan fingerprint density at radius 2 is 2.00 bits per heavy atom. The summed E-state index contributed by atoms with van der Waals surface area (Å²) in [6.45, 7) is 2.52. The molecule has 3 rings (SSSR count). The smallest absolute Gasteiger partial charge is 0.231 e. The Morgan fingerprint density at radius 1 is 1.19 bits per heavy atom. The fourth-order valence-corrected chi connectivity index (χ4v) is 2.56. The Kier molecular flexibility index (Phi) is 5.09. The van der Waals surface area contributed by atoms with Crippen molar-refractivity contribution in [1.82, 2.24) is 0 Å². The van der Waals surface area contributed by atoms with Crippen molar-refractivity contribution in [2.75, 3.05) is 20.5 Å². The van der Waals surface area contributed by atoms with E-state index in [0.717, 1.165) is 0 Å². The lowest BCUT2D eigenvalue weighted by molar-refractivity contribution is 0.103. The third kappa shape index (κ3) is 3.47. The van der Waals surface area contributed by atoms with Crippen molar-refractivity contribution in [2.24, 2.45) is 0 Å². The SMILES string of the molecule is CCOc1ccc(/C=C(\C#N)C(=O)c2ccc3c(c2)OCO3)cc1OC. The number of hydrogen-bond acceptors (Lipinski definition) is 6. The highest BCUT2D eigenvalue weighted by molar-refractivity contribution is 6.14. The number of carbonyl (C=O) groups excluding carboxylic acids is 1. The molecule has 26 heavy (non-hydrogen) atoms. The molecule has 0 fully saturated rings. The fraction of sp³-hybridized carbons (Fsp3) is 0.200. The molecule has 0 saturated carbocycles. The number of nitrogens with zero attached hydrogens (tertiary/aromatic N) is 1. The number of allylic oxidation sites excluding steroid dienone is 1. The van der Waals surface area contributed by atoms with Gasteiger partial charge in [-0.05, 0) is 48.9 Å². The summed E-state index contributed by atoms with van der Waals surface area (Å²) >= 11 is 0. The van der Waals surface area contributed by atoms with E-state index in [1.165, 1.54) is 13.2 Å². The molecule has 2 aromatic rings. The quantitative estimate of drug-likeness (QED) is 0.449. The Labute approximate surface area is 151 Å². The molecule has 1 heterocycles. The highest BCUT2D eigenvalue weighted by Crippen LogP contribution is 2.33. The fourth-order valence-electron chi connectivity index (χ4n) is 2.56. The molecule has 1 aliphatic rings. The summed E-state index contributed by atoms with van der Waals surface area (Å²) in [5, 5.41) is 9.43. The highest BCUT2D eigenvalue weighted by atomic mass is 16.7. The van der Waals surface area contributed by atoms with E-state index in [4.69, 9.17) is 18.9 Å². The van der Waals surface area contributed by atoms with Crippen LogP contribution in [0.25, 0.3) is 6.08 Å². The zero-order valence-electron chi connectivity index (χ0n) is 14.4. The van der Waals surface area contributed by atoms with Gasteiger partial charge < -0.3 is 18.9 Å². The van der Waals surface area contributed by atoms with Gasteiger partial charge in [0.25, 0.3) is 0 Å². The van der Waals surface area contributed by atoms with E-state index in [-0.39, 0.29) is 12.4 Å². The second kappa shape index (κ2) is 7.62. The molecule has 1 aliphatic heterocycles. The first-order valence-corrected chi connectivity index (χ1v) is 8.03. The molecule has 0 amide bonds. The van der Waals surface area contributed by atoms with Gasteiger partial charge >= 0.3 is 0 Å². The van der Waals surface area contributed by atoms with Crippen LogP contribution in [0.2, 0.25) is 0 Å². The minimum atomic E-state index is -0.390. The third-order valence-electron chi connectivity index (χ3n) is 3.80. The van der Waals surface area contributed by atoms with Crippen molar-refractivity contribution < 1.29 is 23.7 Å². The van der Waals surface area contributed by atoms with Crippen LogP contribution in [0.3, 0.4) is 0 Å². The van der Waals surface area contributed by atoms with E-state index >= 15 is 0 Å². The van der Waals surface area contributed by atoms with Gasteiger partial charge in [-0.2, -0.15) is 5.26 Å². The largest absolute Gasteiger partial charge is 0.493 e.